The van der Waals surface area contributed by atoms with Crippen LogP contribution in [0.25, 0.3) is 10.4 Å². The molecule has 7 heteroatoms. The number of rotatable bonds is 7. The zero-order valence-electron chi connectivity index (χ0n) is 15.2. The Morgan fingerprint density at radius 1 is 1.27 bits per heavy atom. The van der Waals surface area contributed by atoms with E-state index in [1.165, 1.54) is 0 Å². The molecule has 1 amide bonds. The molecule has 3 aromatic rings. The highest BCUT2D eigenvalue weighted by molar-refractivity contribution is 7.15. The van der Waals surface area contributed by atoms with Crippen LogP contribution in [0.2, 0.25) is 0 Å². The summed E-state index contributed by atoms with van der Waals surface area (Å²) in [6.07, 6.45) is 3.15. The van der Waals surface area contributed by atoms with E-state index in [0.29, 0.717) is 36.2 Å². The predicted octanol–water partition coefficient (Wildman–Crippen LogP) is 3.85. The first-order valence-corrected chi connectivity index (χ1v) is 9.54. The van der Waals surface area contributed by atoms with Gasteiger partial charge in [-0.1, -0.05) is 38.1 Å². The lowest BCUT2D eigenvalue weighted by Crippen LogP contribution is -2.25. The number of carbonyl (C=O) groups excluding carboxylic acids is 1. The van der Waals surface area contributed by atoms with Crippen LogP contribution in [0.4, 0.5) is 0 Å². The van der Waals surface area contributed by atoms with Crippen molar-refractivity contribution >= 4 is 17.2 Å². The summed E-state index contributed by atoms with van der Waals surface area (Å²) >= 11 is 1.69. The van der Waals surface area contributed by atoms with Crippen molar-refractivity contribution in [2.24, 2.45) is 0 Å². The Bertz CT molecular complexity index is 868. The van der Waals surface area contributed by atoms with Crippen LogP contribution >= 0.6 is 11.3 Å². The van der Waals surface area contributed by atoms with Gasteiger partial charge in [0.1, 0.15) is 0 Å². The number of amides is 1. The molecule has 1 N–H and O–H groups in total. The van der Waals surface area contributed by atoms with E-state index in [9.17, 15) is 4.79 Å². The zero-order chi connectivity index (χ0) is 18.5. The van der Waals surface area contributed by atoms with Crippen molar-refractivity contribution in [2.45, 2.75) is 39.5 Å². The quantitative estimate of drug-likeness (QED) is 0.683. The molecule has 2 heterocycles. The van der Waals surface area contributed by atoms with Gasteiger partial charge in [-0.05, 0) is 17.7 Å². The molecule has 2 aromatic heterocycles. The van der Waals surface area contributed by atoms with Gasteiger partial charge >= 0.3 is 0 Å². The van der Waals surface area contributed by atoms with E-state index in [4.69, 9.17) is 4.52 Å². The van der Waals surface area contributed by atoms with Gasteiger partial charge in [0, 0.05) is 37.1 Å². The fraction of sp³-hybridized carbons (Fsp3) is 0.368. The molecule has 3 rings (SSSR count). The third-order valence-electron chi connectivity index (χ3n) is 3.90. The minimum atomic E-state index is -0.112. The molecule has 26 heavy (non-hydrogen) atoms. The van der Waals surface area contributed by atoms with Crippen molar-refractivity contribution in [3.05, 3.63) is 52.7 Å². The second-order valence-corrected chi connectivity index (χ2v) is 7.32. The largest absolute Gasteiger partial charge is 0.352 e. The summed E-state index contributed by atoms with van der Waals surface area (Å²) in [6, 6.07) is 7.58. The molecule has 0 spiro atoms. The van der Waals surface area contributed by atoms with Crippen LogP contribution in [-0.2, 0) is 12.8 Å². The van der Waals surface area contributed by atoms with Crippen molar-refractivity contribution in [3.63, 3.8) is 0 Å². The van der Waals surface area contributed by atoms with E-state index < -0.39 is 0 Å². The Hall–Kier alpha value is -2.54. The number of hydrogen-bond donors (Lipinski definition) is 1. The number of carbonyl (C=O) groups is 1. The summed E-state index contributed by atoms with van der Waals surface area (Å²) < 4.78 is 5.11. The van der Waals surface area contributed by atoms with Crippen LogP contribution in [0.1, 0.15) is 53.8 Å². The van der Waals surface area contributed by atoms with E-state index in [0.717, 1.165) is 21.9 Å². The Labute approximate surface area is 156 Å². The number of nitrogens with zero attached hydrogens (tertiary/aromatic N) is 3. The van der Waals surface area contributed by atoms with Gasteiger partial charge in [-0.25, -0.2) is 4.98 Å². The number of benzene rings is 1. The molecular weight excluding hydrogens is 348 g/mol. The molecule has 0 unspecified atom stereocenters. The lowest BCUT2D eigenvalue weighted by Gasteiger charge is -2.04. The van der Waals surface area contributed by atoms with E-state index >= 15 is 0 Å². The Morgan fingerprint density at radius 3 is 2.65 bits per heavy atom. The SMILES string of the molecule is CCc1noc(CCNC(=O)c2ccc(-c3cnc(C(C)C)s3)cc2)n1. The molecule has 0 saturated heterocycles. The average molecular weight is 370 g/mol. The lowest BCUT2D eigenvalue weighted by molar-refractivity contribution is 0.0953. The van der Waals surface area contributed by atoms with Crippen LogP contribution in [0.15, 0.2) is 35.0 Å². The maximum absolute atomic E-state index is 12.3. The fourth-order valence-corrected chi connectivity index (χ4v) is 3.32. The van der Waals surface area contributed by atoms with Gasteiger partial charge in [0.15, 0.2) is 5.82 Å². The Balaban J connectivity index is 1.56. The molecular formula is C19H22N4O2S. The van der Waals surface area contributed by atoms with Gasteiger partial charge in [-0.3, -0.25) is 4.79 Å². The molecule has 0 aliphatic heterocycles. The van der Waals surface area contributed by atoms with Crippen LogP contribution < -0.4 is 5.32 Å². The zero-order valence-corrected chi connectivity index (χ0v) is 16.0. The normalized spacial score (nSPS) is 11.1. The van der Waals surface area contributed by atoms with Crippen LogP contribution in [0, 0.1) is 0 Å². The van der Waals surface area contributed by atoms with Gasteiger partial charge in [-0.2, -0.15) is 4.98 Å². The lowest BCUT2D eigenvalue weighted by atomic mass is 10.1. The second kappa shape index (κ2) is 8.23. The molecule has 0 atom stereocenters. The van der Waals surface area contributed by atoms with Crippen LogP contribution in [0.5, 0.6) is 0 Å². The van der Waals surface area contributed by atoms with Crippen LogP contribution in [-0.4, -0.2) is 27.6 Å². The van der Waals surface area contributed by atoms with Gasteiger partial charge in [0.2, 0.25) is 5.89 Å². The summed E-state index contributed by atoms with van der Waals surface area (Å²) in [5.74, 6) is 1.54. The second-order valence-electron chi connectivity index (χ2n) is 6.26. The van der Waals surface area contributed by atoms with Gasteiger partial charge in [0.05, 0.1) is 9.88 Å². The predicted molar refractivity (Wildman–Crippen MR) is 101 cm³/mol. The smallest absolute Gasteiger partial charge is 0.251 e. The molecule has 0 aliphatic rings. The Kier molecular flexibility index (Phi) is 5.78. The summed E-state index contributed by atoms with van der Waals surface area (Å²) in [5.41, 5.74) is 1.70. The highest BCUT2D eigenvalue weighted by atomic mass is 32.1. The van der Waals surface area contributed by atoms with Gasteiger partial charge in [-0.15, -0.1) is 11.3 Å². The maximum atomic E-state index is 12.3. The standard InChI is InChI=1S/C19H22N4O2S/c1-4-16-22-17(25-23-16)9-10-20-18(24)14-7-5-13(6-8-14)15-11-21-19(26-15)12(2)3/h5-8,11-12H,4,9-10H2,1-3H3,(H,20,24). The highest BCUT2D eigenvalue weighted by Gasteiger charge is 2.10. The summed E-state index contributed by atoms with van der Waals surface area (Å²) in [6.45, 7) is 6.69. The first kappa shape index (κ1) is 18.3. The van der Waals surface area contributed by atoms with Crippen molar-refractivity contribution in [3.8, 4) is 10.4 Å². The summed E-state index contributed by atoms with van der Waals surface area (Å²) in [5, 5.41) is 7.83. The van der Waals surface area contributed by atoms with E-state index in [1.54, 1.807) is 11.3 Å². The summed E-state index contributed by atoms with van der Waals surface area (Å²) in [7, 11) is 0. The average Bonchev–Trinajstić information content (AvgIpc) is 3.31. The van der Waals surface area contributed by atoms with E-state index in [-0.39, 0.29) is 5.91 Å². The summed E-state index contributed by atoms with van der Waals surface area (Å²) in [4.78, 5) is 22.0. The number of aryl methyl sites for hydroxylation is 1. The molecule has 0 saturated carbocycles. The minimum absolute atomic E-state index is 0.112. The molecule has 0 bridgehead atoms. The Morgan fingerprint density at radius 2 is 2.04 bits per heavy atom. The van der Waals surface area contributed by atoms with Crippen LogP contribution in [0.3, 0.4) is 0 Å². The minimum Gasteiger partial charge on any atom is -0.352 e. The molecule has 6 nitrogen and oxygen atoms in total. The monoisotopic (exact) mass is 370 g/mol. The molecule has 1 aromatic carbocycles. The highest BCUT2D eigenvalue weighted by Crippen LogP contribution is 2.29. The van der Waals surface area contributed by atoms with Crippen molar-refractivity contribution in [1.82, 2.24) is 20.4 Å². The molecule has 0 radical (unpaired) electrons. The first-order valence-electron chi connectivity index (χ1n) is 8.72. The number of nitrogens with one attached hydrogen (secondary N) is 1. The fourth-order valence-electron chi connectivity index (χ4n) is 2.39. The van der Waals surface area contributed by atoms with Gasteiger partial charge < -0.3 is 9.84 Å². The van der Waals surface area contributed by atoms with Gasteiger partial charge in [0.25, 0.3) is 5.91 Å². The third-order valence-corrected chi connectivity index (χ3v) is 5.25. The number of hydrogen-bond acceptors (Lipinski definition) is 6. The van der Waals surface area contributed by atoms with E-state index in [2.05, 4.69) is 34.3 Å². The van der Waals surface area contributed by atoms with Crippen molar-refractivity contribution < 1.29 is 9.32 Å². The maximum Gasteiger partial charge on any atom is 0.251 e. The topological polar surface area (TPSA) is 80.9 Å². The first-order chi connectivity index (χ1) is 12.6. The van der Waals surface area contributed by atoms with Crippen molar-refractivity contribution in [2.75, 3.05) is 6.54 Å². The molecule has 136 valence electrons. The molecule has 0 aliphatic carbocycles. The van der Waals surface area contributed by atoms with E-state index in [1.807, 2.05) is 37.4 Å². The van der Waals surface area contributed by atoms with Crippen molar-refractivity contribution in [1.29, 1.82) is 0 Å². The third kappa shape index (κ3) is 4.35. The number of aromatic nitrogens is 3. The molecule has 0 fully saturated rings. The number of thiazole rings is 1.